The lowest BCUT2D eigenvalue weighted by Gasteiger charge is -1.80. The molecule has 4 nitrogen and oxygen atoms in total. The Bertz CT molecular complexity index is 158. The average molecular weight is 128 g/mol. The Morgan fingerprint density at radius 1 is 1.22 bits per heavy atom. The highest BCUT2D eigenvalue weighted by Crippen LogP contribution is 1.76. The molecule has 0 saturated heterocycles. The van der Waals surface area contributed by atoms with Crippen LogP contribution < -0.4 is 0 Å². The van der Waals surface area contributed by atoms with E-state index in [-0.39, 0.29) is 12.6 Å². The van der Waals surface area contributed by atoms with E-state index < -0.39 is 18.0 Å². The molecule has 0 amide bonds. The topological polar surface area (TPSA) is 68.3 Å². The Hall–Kier alpha value is -1.32. The van der Waals surface area contributed by atoms with Crippen molar-refractivity contribution in [2.45, 2.75) is 6.42 Å². The standard InChI is InChI=1S/C5H4O4/c6-2-1-4(8)5(9)3-7/h2-3H,1H2. The van der Waals surface area contributed by atoms with Crippen molar-refractivity contribution in [3.05, 3.63) is 0 Å². The zero-order valence-electron chi connectivity index (χ0n) is 4.49. The molecule has 0 saturated carbocycles. The summed E-state index contributed by atoms with van der Waals surface area (Å²) in [4.78, 5) is 39.3. The molecule has 0 spiro atoms. The molecule has 0 aliphatic carbocycles. The number of carbonyl (C=O) groups excluding carboxylic acids is 4. The van der Waals surface area contributed by atoms with E-state index in [0.29, 0.717) is 0 Å². The van der Waals surface area contributed by atoms with Crippen LogP contribution in [-0.2, 0) is 19.2 Å². The number of rotatable bonds is 4. The summed E-state index contributed by atoms with van der Waals surface area (Å²) in [7, 11) is 0. The number of hydrogen-bond donors (Lipinski definition) is 0. The highest BCUT2D eigenvalue weighted by molar-refractivity contribution is 6.58. The van der Waals surface area contributed by atoms with Crippen molar-refractivity contribution >= 4 is 24.1 Å². The van der Waals surface area contributed by atoms with Crippen molar-refractivity contribution in [3.8, 4) is 0 Å². The molecule has 0 N–H and O–H groups in total. The van der Waals surface area contributed by atoms with Crippen molar-refractivity contribution in [2.24, 2.45) is 0 Å². The summed E-state index contributed by atoms with van der Waals surface area (Å²) in [6.07, 6.45) is -0.326. The molecule has 0 aromatic carbocycles. The van der Waals surface area contributed by atoms with Crippen LogP contribution in [0.15, 0.2) is 0 Å². The molecule has 48 valence electrons. The van der Waals surface area contributed by atoms with Gasteiger partial charge in [-0.25, -0.2) is 0 Å². The largest absolute Gasteiger partial charge is 0.303 e. The number of ketones is 2. The third-order valence-corrected chi connectivity index (χ3v) is 0.651. The lowest BCUT2D eigenvalue weighted by Crippen LogP contribution is -2.14. The maximum Gasteiger partial charge on any atom is 0.261 e. The molecule has 0 aliphatic heterocycles. The fourth-order valence-electron chi connectivity index (χ4n) is 0.242. The highest BCUT2D eigenvalue weighted by atomic mass is 16.2. The quantitative estimate of drug-likeness (QED) is 0.274. The molecule has 0 rings (SSSR count). The molecule has 0 atom stereocenters. The van der Waals surface area contributed by atoms with Crippen LogP contribution in [0.25, 0.3) is 0 Å². The number of aldehydes is 2. The van der Waals surface area contributed by atoms with E-state index in [1.807, 2.05) is 0 Å². The molecule has 0 aromatic heterocycles. The number of carbonyl (C=O) groups is 4. The Kier molecular flexibility index (Phi) is 3.12. The summed E-state index contributed by atoms with van der Waals surface area (Å²) in [6.45, 7) is 0. The van der Waals surface area contributed by atoms with Crippen molar-refractivity contribution in [3.63, 3.8) is 0 Å². The van der Waals surface area contributed by atoms with Crippen molar-refractivity contribution in [2.75, 3.05) is 0 Å². The smallest absolute Gasteiger partial charge is 0.261 e. The minimum atomic E-state index is -1.15. The van der Waals surface area contributed by atoms with Gasteiger partial charge in [0, 0.05) is 0 Å². The molecule has 0 aliphatic rings. The number of hydrogen-bond acceptors (Lipinski definition) is 4. The Labute approximate surface area is 50.8 Å². The van der Waals surface area contributed by atoms with Crippen molar-refractivity contribution in [1.82, 2.24) is 0 Å². The second-order valence-electron chi connectivity index (χ2n) is 1.28. The normalized spacial score (nSPS) is 8.00. The first-order valence-electron chi connectivity index (χ1n) is 2.18. The van der Waals surface area contributed by atoms with Gasteiger partial charge in [-0.3, -0.25) is 14.4 Å². The van der Waals surface area contributed by atoms with Crippen LogP contribution in [0.2, 0.25) is 0 Å². The van der Waals surface area contributed by atoms with Gasteiger partial charge in [0.15, 0.2) is 6.29 Å². The van der Waals surface area contributed by atoms with Gasteiger partial charge in [-0.05, 0) is 0 Å². The Morgan fingerprint density at radius 3 is 2.11 bits per heavy atom. The molecule has 4 heteroatoms. The van der Waals surface area contributed by atoms with E-state index in [1.165, 1.54) is 0 Å². The molecular weight excluding hydrogens is 124 g/mol. The molecule has 9 heavy (non-hydrogen) atoms. The van der Waals surface area contributed by atoms with Crippen LogP contribution >= 0.6 is 0 Å². The van der Waals surface area contributed by atoms with Crippen molar-refractivity contribution < 1.29 is 19.2 Å². The van der Waals surface area contributed by atoms with Gasteiger partial charge >= 0.3 is 0 Å². The SMILES string of the molecule is O=CCC(=O)C(=O)C=O. The zero-order chi connectivity index (χ0) is 7.28. The number of Topliss-reactive ketones (excluding diaryl/α,β-unsaturated/α-hetero) is 2. The van der Waals surface area contributed by atoms with E-state index in [4.69, 9.17) is 0 Å². The summed E-state index contributed by atoms with van der Waals surface area (Å²) < 4.78 is 0. The molecule has 0 radical (unpaired) electrons. The van der Waals surface area contributed by atoms with E-state index in [9.17, 15) is 19.2 Å². The first-order chi connectivity index (χ1) is 4.22. The summed E-state index contributed by atoms with van der Waals surface area (Å²) in [6, 6.07) is 0. The fourth-order valence-corrected chi connectivity index (χ4v) is 0.242. The predicted molar refractivity (Wildman–Crippen MR) is 26.8 cm³/mol. The second-order valence-corrected chi connectivity index (χ2v) is 1.28. The van der Waals surface area contributed by atoms with Crippen LogP contribution in [0, 0.1) is 0 Å². The van der Waals surface area contributed by atoms with Gasteiger partial charge in [0.2, 0.25) is 5.78 Å². The monoisotopic (exact) mass is 128 g/mol. The summed E-state index contributed by atoms with van der Waals surface area (Å²) in [5, 5.41) is 0. The van der Waals surface area contributed by atoms with Crippen LogP contribution in [0.3, 0.4) is 0 Å². The van der Waals surface area contributed by atoms with E-state index in [2.05, 4.69) is 0 Å². The molecule has 0 aromatic rings. The predicted octanol–water partition coefficient (Wildman–Crippen LogP) is -1.09. The van der Waals surface area contributed by atoms with Crippen LogP contribution in [0.5, 0.6) is 0 Å². The molecule has 0 fully saturated rings. The molecular formula is C5H4O4. The first kappa shape index (κ1) is 7.68. The van der Waals surface area contributed by atoms with Gasteiger partial charge in [-0.1, -0.05) is 0 Å². The van der Waals surface area contributed by atoms with E-state index >= 15 is 0 Å². The lowest BCUT2D eigenvalue weighted by atomic mass is 10.2. The third-order valence-electron chi connectivity index (χ3n) is 0.651. The Balaban J connectivity index is 3.87. The minimum Gasteiger partial charge on any atom is -0.303 e. The van der Waals surface area contributed by atoms with Gasteiger partial charge in [-0.15, -0.1) is 0 Å². The van der Waals surface area contributed by atoms with Crippen LogP contribution in [-0.4, -0.2) is 24.1 Å². The first-order valence-corrected chi connectivity index (χ1v) is 2.18. The molecule has 0 unspecified atom stereocenters. The lowest BCUT2D eigenvalue weighted by molar-refractivity contribution is -0.140. The van der Waals surface area contributed by atoms with Crippen LogP contribution in [0.1, 0.15) is 6.42 Å². The zero-order valence-corrected chi connectivity index (χ0v) is 4.49. The molecule has 0 heterocycles. The second kappa shape index (κ2) is 3.65. The maximum atomic E-state index is 10.2. The summed E-state index contributed by atoms with van der Waals surface area (Å²) >= 11 is 0. The van der Waals surface area contributed by atoms with Crippen LogP contribution in [0.4, 0.5) is 0 Å². The summed E-state index contributed by atoms with van der Waals surface area (Å²) in [5.41, 5.74) is 0. The average Bonchev–Trinajstić information content (AvgIpc) is 1.87. The molecule has 0 bridgehead atoms. The Morgan fingerprint density at radius 2 is 1.78 bits per heavy atom. The van der Waals surface area contributed by atoms with Gasteiger partial charge in [0.05, 0.1) is 6.42 Å². The maximum absolute atomic E-state index is 10.2. The van der Waals surface area contributed by atoms with Gasteiger partial charge < -0.3 is 4.79 Å². The van der Waals surface area contributed by atoms with Gasteiger partial charge in [-0.2, -0.15) is 0 Å². The summed E-state index contributed by atoms with van der Waals surface area (Å²) in [5.74, 6) is -2.11. The van der Waals surface area contributed by atoms with E-state index in [1.54, 1.807) is 0 Å². The minimum absolute atomic E-state index is 0.105. The van der Waals surface area contributed by atoms with Gasteiger partial charge in [0.25, 0.3) is 5.78 Å². The van der Waals surface area contributed by atoms with Gasteiger partial charge in [0.1, 0.15) is 6.29 Å². The third kappa shape index (κ3) is 2.48. The van der Waals surface area contributed by atoms with E-state index in [0.717, 1.165) is 0 Å². The highest BCUT2D eigenvalue weighted by Gasteiger charge is 2.09. The fraction of sp³-hybridized carbons (Fsp3) is 0.200. The van der Waals surface area contributed by atoms with Crippen molar-refractivity contribution in [1.29, 1.82) is 0 Å².